The molecular weight excluding hydrogens is 284 g/mol. The topological polar surface area (TPSA) is 24.9 Å². The molecule has 1 aromatic heterocycles. The first-order valence-corrected chi connectivity index (χ1v) is 6.61. The van der Waals surface area contributed by atoms with Gasteiger partial charge in [-0.05, 0) is 36.0 Å². The Hall–Kier alpha value is -2.11. The molecule has 2 nitrogen and oxygen atoms in total. The molecule has 0 amide bonds. The van der Waals surface area contributed by atoms with Crippen LogP contribution >= 0.6 is 0 Å². The summed E-state index contributed by atoms with van der Waals surface area (Å²) in [5.74, 6) is -6.36. The molecule has 1 heterocycles. The molecule has 0 radical (unpaired) electrons. The third-order valence-electron chi connectivity index (χ3n) is 3.63. The molecule has 6 heteroatoms. The molecule has 0 fully saturated rings. The molecule has 0 aliphatic heterocycles. The van der Waals surface area contributed by atoms with Gasteiger partial charge in [0.05, 0.1) is 0 Å². The van der Waals surface area contributed by atoms with Gasteiger partial charge in [0, 0.05) is 6.54 Å². The molecular formula is C15H12F4N2. The second-order valence-corrected chi connectivity index (χ2v) is 5.01. The van der Waals surface area contributed by atoms with Crippen LogP contribution < -0.4 is 5.32 Å². The van der Waals surface area contributed by atoms with E-state index in [4.69, 9.17) is 0 Å². The number of hydrogen-bond acceptors (Lipinski definition) is 2. The van der Waals surface area contributed by atoms with Crippen LogP contribution in [0.15, 0.2) is 18.2 Å². The molecule has 0 spiro atoms. The van der Waals surface area contributed by atoms with Crippen molar-refractivity contribution in [3.8, 4) is 0 Å². The Balaban J connectivity index is 1.82. The average molecular weight is 296 g/mol. The minimum absolute atomic E-state index is 0.0734. The monoisotopic (exact) mass is 296 g/mol. The highest BCUT2D eigenvalue weighted by Gasteiger charge is 2.20. The molecule has 1 aliphatic carbocycles. The van der Waals surface area contributed by atoms with Crippen molar-refractivity contribution < 1.29 is 17.6 Å². The minimum Gasteiger partial charge on any atom is -0.376 e. The highest BCUT2D eigenvalue weighted by molar-refractivity contribution is 5.46. The molecule has 0 atom stereocenters. The lowest BCUT2D eigenvalue weighted by Crippen LogP contribution is -2.09. The van der Waals surface area contributed by atoms with Gasteiger partial charge in [-0.3, -0.25) is 0 Å². The summed E-state index contributed by atoms with van der Waals surface area (Å²) >= 11 is 0. The summed E-state index contributed by atoms with van der Waals surface area (Å²) in [6.07, 6.45) is 3.10. The maximum Gasteiger partial charge on any atom is 0.253 e. The number of nitrogens with zero attached hydrogens (tertiary/aromatic N) is 1. The number of benzene rings is 1. The van der Waals surface area contributed by atoms with E-state index in [9.17, 15) is 17.6 Å². The van der Waals surface area contributed by atoms with Crippen molar-refractivity contribution >= 4 is 5.69 Å². The predicted molar refractivity (Wildman–Crippen MR) is 69.9 cm³/mol. The van der Waals surface area contributed by atoms with Crippen molar-refractivity contribution in [3.05, 3.63) is 58.4 Å². The van der Waals surface area contributed by atoms with E-state index in [1.807, 2.05) is 18.2 Å². The number of aromatic nitrogens is 1. The molecule has 1 aromatic carbocycles. The number of aryl methyl sites for hydroxylation is 2. The zero-order valence-electron chi connectivity index (χ0n) is 11.0. The third kappa shape index (κ3) is 2.57. The van der Waals surface area contributed by atoms with Crippen molar-refractivity contribution in [3.63, 3.8) is 0 Å². The maximum atomic E-state index is 13.5. The Labute approximate surface area is 118 Å². The van der Waals surface area contributed by atoms with Crippen LogP contribution in [-0.4, -0.2) is 4.98 Å². The lowest BCUT2D eigenvalue weighted by atomic mass is 10.1. The van der Waals surface area contributed by atoms with Crippen LogP contribution in [0.3, 0.4) is 0 Å². The van der Waals surface area contributed by atoms with Crippen molar-refractivity contribution in [2.24, 2.45) is 0 Å². The molecule has 21 heavy (non-hydrogen) atoms. The SMILES string of the molecule is Fc1nc(F)c(F)c(NCc2ccc3c(c2)CCC3)c1F. The summed E-state index contributed by atoms with van der Waals surface area (Å²) in [6.45, 7) is 0.0734. The fraction of sp³-hybridized carbons (Fsp3) is 0.267. The van der Waals surface area contributed by atoms with Crippen LogP contribution in [0, 0.1) is 23.5 Å². The predicted octanol–water partition coefficient (Wildman–Crippen LogP) is 3.74. The highest BCUT2D eigenvalue weighted by Crippen LogP contribution is 2.25. The molecule has 1 N–H and O–H groups in total. The van der Waals surface area contributed by atoms with Crippen molar-refractivity contribution in [2.75, 3.05) is 5.32 Å². The minimum atomic E-state index is -1.66. The summed E-state index contributed by atoms with van der Waals surface area (Å²) in [5.41, 5.74) is 2.45. The highest BCUT2D eigenvalue weighted by atomic mass is 19.2. The zero-order chi connectivity index (χ0) is 15.0. The van der Waals surface area contributed by atoms with E-state index in [0.717, 1.165) is 24.8 Å². The second-order valence-electron chi connectivity index (χ2n) is 5.01. The third-order valence-corrected chi connectivity index (χ3v) is 3.63. The average Bonchev–Trinajstić information content (AvgIpc) is 2.92. The molecule has 0 unspecified atom stereocenters. The summed E-state index contributed by atoms with van der Waals surface area (Å²) < 4.78 is 52.9. The first-order chi connectivity index (χ1) is 10.1. The number of halogens is 4. The van der Waals surface area contributed by atoms with Gasteiger partial charge >= 0.3 is 0 Å². The number of anilines is 1. The lowest BCUT2D eigenvalue weighted by molar-refractivity contribution is 0.410. The summed E-state index contributed by atoms with van der Waals surface area (Å²) in [6, 6.07) is 5.75. The van der Waals surface area contributed by atoms with Gasteiger partial charge in [-0.2, -0.15) is 22.5 Å². The van der Waals surface area contributed by atoms with Crippen LogP contribution in [0.25, 0.3) is 0 Å². The number of rotatable bonds is 3. The van der Waals surface area contributed by atoms with Gasteiger partial charge in [-0.15, -0.1) is 0 Å². The van der Waals surface area contributed by atoms with Crippen molar-refractivity contribution in [1.29, 1.82) is 0 Å². The molecule has 3 rings (SSSR count). The van der Waals surface area contributed by atoms with Crippen LogP contribution in [-0.2, 0) is 19.4 Å². The second kappa shape index (κ2) is 5.35. The zero-order valence-corrected chi connectivity index (χ0v) is 11.0. The van der Waals surface area contributed by atoms with E-state index in [1.165, 1.54) is 11.1 Å². The van der Waals surface area contributed by atoms with Crippen LogP contribution in [0.5, 0.6) is 0 Å². The lowest BCUT2D eigenvalue weighted by Gasteiger charge is -2.10. The Morgan fingerprint density at radius 3 is 2.33 bits per heavy atom. The van der Waals surface area contributed by atoms with Crippen molar-refractivity contribution in [1.82, 2.24) is 4.98 Å². The largest absolute Gasteiger partial charge is 0.376 e. The van der Waals surface area contributed by atoms with Gasteiger partial charge in [0.2, 0.25) is 11.6 Å². The van der Waals surface area contributed by atoms with E-state index in [-0.39, 0.29) is 6.54 Å². The quantitative estimate of drug-likeness (QED) is 0.689. The molecule has 0 bridgehead atoms. The Bertz CT molecular complexity index is 674. The van der Waals surface area contributed by atoms with E-state index in [1.54, 1.807) is 0 Å². The van der Waals surface area contributed by atoms with Crippen LogP contribution in [0.1, 0.15) is 23.1 Å². The summed E-state index contributed by atoms with van der Waals surface area (Å²) in [5, 5.41) is 2.40. The first kappa shape index (κ1) is 13.9. The Kier molecular flexibility index (Phi) is 3.53. The van der Waals surface area contributed by atoms with Gasteiger partial charge in [-0.25, -0.2) is 0 Å². The molecule has 0 saturated heterocycles. The van der Waals surface area contributed by atoms with Crippen LogP contribution in [0.4, 0.5) is 23.2 Å². The molecule has 110 valence electrons. The Morgan fingerprint density at radius 1 is 0.952 bits per heavy atom. The van der Waals surface area contributed by atoms with Crippen LogP contribution in [0.2, 0.25) is 0 Å². The normalized spacial score (nSPS) is 13.3. The van der Waals surface area contributed by atoms with E-state index < -0.39 is 29.2 Å². The fourth-order valence-corrected chi connectivity index (χ4v) is 2.57. The number of pyridine rings is 1. The first-order valence-electron chi connectivity index (χ1n) is 6.61. The molecule has 2 aromatic rings. The molecule has 1 aliphatic rings. The van der Waals surface area contributed by atoms with Gasteiger partial charge in [0.25, 0.3) is 11.9 Å². The van der Waals surface area contributed by atoms with Crippen molar-refractivity contribution in [2.45, 2.75) is 25.8 Å². The van der Waals surface area contributed by atoms with E-state index in [2.05, 4.69) is 10.3 Å². The number of nitrogens with one attached hydrogen (secondary N) is 1. The maximum absolute atomic E-state index is 13.5. The van der Waals surface area contributed by atoms with Gasteiger partial charge in [-0.1, -0.05) is 18.2 Å². The van der Waals surface area contributed by atoms with E-state index >= 15 is 0 Å². The number of hydrogen-bond donors (Lipinski definition) is 1. The Morgan fingerprint density at radius 2 is 1.62 bits per heavy atom. The van der Waals surface area contributed by atoms with E-state index in [0.29, 0.717) is 0 Å². The van der Waals surface area contributed by atoms with Gasteiger partial charge < -0.3 is 5.32 Å². The summed E-state index contributed by atoms with van der Waals surface area (Å²) in [7, 11) is 0. The van der Waals surface area contributed by atoms with Gasteiger partial charge in [0.15, 0.2) is 0 Å². The molecule has 0 saturated carbocycles. The smallest absolute Gasteiger partial charge is 0.253 e. The summed E-state index contributed by atoms with van der Waals surface area (Å²) in [4.78, 5) is 2.51. The van der Waals surface area contributed by atoms with Gasteiger partial charge in [0.1, 0.15) is 5.69 Å². The fourth-order valence-electron chi connectivity index (χ4n) is 2.57. The standard InChI is InChI=1S/C15H12F4N2/c16-11-13(12(17)15(19)21-14(11)18)20-7-8-4-5-9-2-1-3-10(9)6-8/h4-6H,1-3,7H2,(H,20,21). The number of fused-ring (bicyclic) bond motifs is 1.